The van der Waals surface area contributed by atoms with E-state index in [0.29, 0.717) is 11.7 Å². The topological polar surface area (TPSA) is 26.3 Å². The van der Waals surface area contributed by atoms with Gasteiger partial charge in [0.1, 0.15) is 5.60 Å². The summed E-state index contributed by atoms with van der Waals surface area (Å²) in [5, 5.41) is 0. The van der Waals surface area contributed by atoms with Crippen LogP contribution in [0.1, 0.15) is 58.9 Å². The van der Waals surface area contributed by atoms with Gasteiger partial charge in [-0.1, -0.05) is 50.3 Å². The van der Waals surface area contributed by atoms with E-state index in [0.717, 1.165) is 24.0 Å². The van der Waals surface area contributed by atoms with Gasteiger partial charge in [-0.2, -0.15) is 0 Å². The van der Waals surface area contributed by atoms with E-state index in [1.807, 2.05) is 0 Å². The molecule has 4 rings (SSSR count). The van der Waals surface area contributed by atoms with Crippen molar-refractivity contribution in [1.29, 1.82) is 0 Å². The number of hydrogen-bond acceptors (Lipinski definition) is 2. The fourth-order valence-corrected chi connectivity index (χ4v) is 5.16. The summed E-state index contributed by atoms with van der Waals surface area (Å²) >= 11 is 0. The summed E-state index contributed by atoms with van der Waals surface area (Å²) in [4.78, 5) is 13.1. The molecule has 0 amide bonds. The third kappa shape index (κ3) is 1.75. The van der Waals surface area contributed by atoms with Crippen molar-refractivity contribution in [1.82, 2.24) is 0 Å². The summed E-state index contributed by atoms with van der Waals surface area (Å²) in [7, 11) is 0. The second-order valence-electron chi connectivity index (χ2n) is 8.67. The van der Waals surface area contributed by atoms with Gasteiger partial charge in [0.25, 0.3) is 0 Å². The molecule has 3 atom stereocenters. The average molecular weight is 322 g/mol. The van der Waals surface area contributed by atoms with Gasteiger partial charge in [0.2, 0.25) is 5.78 Å². The Morgan fingerprint density at radius 2 is 1.75 bits per heavy atom. The third-order valence-electron chi connectivity index (χ3n) is 7.00. The van der Waals surface area contributed by atoms with Crippen LogP contribution in [-0.2, 0) is 9.53 Å². The van der Waals surface area contributed by atoms with Crippen LogP contribution < -0.4 is 0 Å². The molecule has 1 aromatic carbocycles. The fraction of sp³-hybridized carbons (Fsp3) is 0.500. The maximum Gasteiger partial charge on any atom is 0.223 e. The molecular weight excluding hydrogens is 296 g/mol. The van der Waals surface area contributed by atoms with E-state index >= 15 is 0 Å². The van der Waals surface area contributed by atoms with Gasteiger partial charge in [0.05, 0.1) is 0 Å². The van der Waals surface area contributed by atoms with E-state index in [2.05, 4.69) is 71.0 Å². The number of hydrogen-bond donors (Lipinski definition) is 0. The number of carbonyl (C=O) groups is 1. The predicted octanol–water partition coefficient (Wildman–Crippen LogP) is 5.17. The van der Waals surface area contributed by atoms with Gasteiger partial charge >= 0.3 is 0 Å². The first kappa shape index (κ1) is 15.7. The zero-order valence-corrected chi connectivity index (χ0v) is 15.3. The molecule has 0 radical (unpaired) electrons. The number of carbonyl (C=O) groups excluding carboxylic acids is 1. The molecule has 126 valence electrons. The van der Waals surface area contributed by atoms with Gasteiger partial charge in [-0.05, 0) is 44.2 Å². The molecule has 1 fully saturated rings. The first-order chi connectivity index (χ1) is 11.2. The number of Topliss-reactive ketones (excluding diaryl/α,β-unsaturated/α-hetero) is 1. The van der Waals surface area contributed by atoms with Crippen LogP contribution in [0.15, 0.2) is 53.3 Å². The third-order valence-corrected chi connectivity index (χ3v) is 7.00. The van der Waals surface area contributed by atoms with E-state index < -0.39 is 0 Å². The van der Waals surface area contributed by atoms with Crippen molar-refractivity contribution < 1.29 is 9.53 Å². The lowest BCUT2D eigenvalue weighted by atomic mass is 9.37. The van der Waals surface area contributed by atoms with Crippen molar-refractivity contribution in [2.45, 2.75) is 59.0 Å². The molecule has 2 nitrogen and oxygen atoms in total. The lowest BCUT2D eigenvalue weighted by molar-refractivity contribution is -0.126. The molecule has 2 bridgehead atoms. The van der Waals surface area contributed by atoms with Crippen molar-refractivity contribution in [3.05, 3.63) is 58.9 Å². The molecule has 0 saturated heterocycles. The Kier molecular flexibility index (Phi) is 3.02. The van der Waals surface area contributed by atoms with Gasteiger partial charge in [-0.25, -0.2) is 0 Å². The zero-order chi connectivity index (χ0) is 17.3. The second-order valence-corrected chi connectivity index (χ2v) is 8.67. The van der Waals surface area contributed by atoms with Crippen LogP contribution in [0.3, 0.4) is 0 Å². The van der Waals surface area contributed by atoms with E-state index in [9.17, 15) is 4.79 Å². The number of allylic oxidation sites excluding steroid dienone is 2. The molecule has 0 spiro atoms. The molecule has 1 saturated carbocycles. The average Bonchev–Trinajstić information content (AvgIpc) is 2.66. The fourth-order valence-electron chi connectivity index (χ4n) is 5.16. The first-order valence-corrected chi connectivity index (χ1v) is 8.91. The van der Waals surface area contributed by atoms with Gasteiger partial charge in [-0.15, -0.1) is 0 Å². The zero-order valence-electron chi connectivity index (χ0n) is 15.3. The van der Waals surface area contributed by atoms with E-state index in [1.54, 1.807) is 0 Å². The van der Waals surface area contributed by atoms with Crippen molar-refractivity contribution >= 4 is 5.78 Å². The molecule has 0 N–H and O–H groups in total. The smallest absolute Gasteiger partial charge is 0.223 e. The summed E-state index contributed by atoms with van der Waals surface area (Å²) < 4.78 is 6.22. The van der Waals surface area contributed by atoms with Crippen molar-refractivity contribution in [3.8, 4) is 0 Å². The quantitative estimate of drug-likeness (QED) is 0.713. The van der Waals surface area contributed by atoms with Crippen molar-refractivity contribution in [2.75, 3.05) is 0 Å². The minimum atomic E-state index is -0.327. The Bertz CT molecular complexity index is 783. The minimum Gasteiger partial charge on any atom is -0.483 e. The Hall–Kier alpha value is -1.83. The number of ketones is 1. The van der Waals surface area contributed by atoms with Crippen LogP contribution in [-0.4, -0.2) is 11.4 Å². The molecule has 24 heavy (non-hydrogen) atoms. The summed E-state index contributed by atoms with van der Waals surface area (Å²) in [5.74, 6) is 1.15. The summed E-state index contributed by atoms with van der Waals surface area (Å²) in [6, 6.07) is 10.7. The van der Waals surface area contributed by atoms with Crippen LogP contribution in [0, 0.1) is 10.8 Å². The Balaban J connectivity index is 1.92. The second kappa shape index (κ2) is 4.62. The van der Waals surface area contributed by atoms with Gasteiger partial charge in [0, 0.05) is 22.8 Å². The molecule has 0 aromatic heterocycles. The Labute approximate surface area is 144 Å². The van der Waals surface area contributed by atoms with Crippen LogP contribution in [0.5, 0.6) is 0 Å². The largest absolute Gasteiger partial charge is 0.483 e. The molecule has 3 aliphatic rings. The van der Waals surface area contributed by atoms with Gasteiger partial charge in [0.15, 0.2) is 5.76 Å². The van der Waals surface area contributed by atoms with Crippen LogP contribution >= 0.6 is 0 Å². The molecule has 1 aromatic rings. The van der Waals surface area contributed by atoms with Crippen molar-refractivity contribution in [2.24, 2.45) is 10.8 Å². The van der Waals surface area contributed by atoms with Gasteiger partial charge < -0.3 is 4.74 Å². The minimum absolute atomic E-state index is 0.0656. The lowest BCUT2D eigenvalue weighted by Crippen LogP contribution is -2.59. The van der Waals surface area contributed by atoms with Gasteiger partial charge in [-0.3, -0.25) is 4.79 Å². The molecule has 3 unspecified atom stereocenters. The Morgan fingerprint density at radius 1 is 1.08 bits per heavy atom. The highest BCUT2D eigenvalue weighted by atomic mass is 16.5. The number of benzene rings is 1. The lowest BCUT2D eigenvalue weighted by Gasteiger charge is -2.65. The normalized spacial score (nSPS) is 37.0. The predicted molar refractivity (Wildman–Crippen MR) is 95.6 cm³/mol. The maximum absolute atomic E-state index is 13.1. The van der Waals surface area contributed by atoms with Crippen LogP contribution in [0.25, 0.3) is 0 Å². The van der Waals surface area contributed by atoms with E-state index in [4.69, 9.17) is 4.74 Å². The number of fused-ring (bicyclic) bond motifs is 4. The van der Waals surface area contributed by atoms with E-state index in [-0.39, 0.29) is 22.2 Å². The maximum atomic E-state index is 13.1. The highest BCUT2D eigenvalue weighted by Crippen LogP contribution is 2.73. The molecule has 1 heterocycles. The van der Waals surface area contributed by atoms with Crippen LogP contribution in [0.2, 0.25) is 0 Å². The Morgan fingerprint density at radius 3 is 2.42 bits per heavy atom. The highest BCUT2D eigenvalue weighted by Gasteiger charge is 2.67. The summed E-state index contributed by atoms with van der Waals surface area (Å²) in [6.07, 6.45) is 3.96. The highest BCUT2D eigenvalue weighted by molar-refractivity contribution is 6.10. The summed E-state index contributed by atoms with van der Waals surface area (Å²) in [5.41, 5.74) is 2.98. The molecular formula is C22H26O2. The summed E-state index contributed by atoms with van der Waals surface area (Å²) in [6.45, 7) is 10.8. The van der Waals surface area contributed by atoms with Crippen molar-refractivity contribution in [3.63, 3.8) is 0 Å². The standard InChI is InChI=1S/C22H26O2/c1-14-19-18(23)16(11-12-20(2,3)24-19)21(4)13-17(22(14,21)5)15-9-7-6-8-10-15/h6-11,17H,12-13H2,1-5H3. The molecule has 1 aliphatic heterocycles. The molecule has 2 aliphatic carbocycles. The number of ether oxygens (including phenoxy) is 1. The number of rotatable bonds is 1. The monoisotopic (exact) mass is 322 g/mol. The van der Waals surface area contributed by atoms with Crippen LogP contribution in [0.4, 0.5) is 0 Å². The SMILES string of the molecule is CC1=C2OC(C)(C)CC=C(C2=O)C2(C)CC(c3ccccc3)C12C. The first-order valence-electron chi connectivity index (χ1n) is 8.91. The van der Waals surface area contributed by atoms with E-state index in [1.165, 1.54) is 5.56 Å². The molecule has 2 heteroatoms.